The molecule has 0 saturated carbocycles. The molecule has 0 saturated heterocycles. The standard InChI is InChI=1S/C30H36N4O3S/c1-7-32(8-2)22-17-15-21(16-18-22)19-25-28(35)34-27(23-13-11-12-14-24(23)37-6)26(20(5)31-30(34)38-25)29(36)33(9-3)10-4/h11-19,27H,7-10H2,1-6H3/b25-19+/t27-/m1/s1. The van der Waals surface area contributed by atoms with Crippen LogP contribution in [0.2, 0.25) is 0 Å². The lowest BCUT2D eigenvalue weighted by atomic mass is 9.94. The average molecular weight is 533 g/mol. The number of benzene rings is 2. The highest BCUT2D eigenvalue weighted by Crippen LogP contribution is 2.36. The van der Waals surface area contributed by atoms with E-state index in [1.165, 1.54) is 11.3 Å². The van der Waals surface area contributed by atoms with Crippen LogP contribution in [-0.2, 0) is 4.79 Å². The largest absolute Gasteiger partial charge is 0.496 e. The molecule has 4 rings (SSSR count). The molecule has 0 unspecified atom stereocenters. The third-order valence-corrected chi connectivity index (χ3v) is 8.04. The summed E-state index contributed by atoms with van der Waals surface area (Å²) in [6.07, 6.45) is 1.90. The number of ether oxygens (including phenoxy) is 1. The number of fused-ring (bicyclic) bond motifs is 1. The topological polar surface area (TPSA) is 67.1 Å². The second-order valence-corrected chi connectivity index (χ2v) is 10.1. The smallest absolute Gasteiger partial charge is 0.271 e. The Morgan fingerprint density at radius 3 is 2.29 bits per heavy atom. The normalized spacial score (nSPS) is 15.2. The van der Waals surface area contributed by atoms with E-state index < -0.39 is 6.04 Å². The minimum Gasteiger partial charge on any atom is -0.496 e. The second kappa shape index (κ2) is 11.8. The van der Waals surface area contributed by atoms with Gasteiger partial charge in [0.15, 0.2) is 4.80 Å². The average Bonchev–Trinajstić information content (AvgIpc) is 3.24. The van der Waals surface area contributed by atoms with Crippen molar-refractivity contribution in [2.24, 2.45) is 4.99 Å². The Morgan fingerprint density at radius 2 is 1.68 bits per heavy atom. The van der Waals surface area contributed by atoms with Crippen LogP contribution in [0.15, 0.2) is 69.6 Å². The number of amides is 1. The molecule has 3 aromatic rings. The Hall–Kier alpha value is -3.65. The van der Waals surface area contributed by atoms with Crippen LogP contribution in [-0.4, -0.2) is 48.7 Å². The maximum atomic E-state index is 13.9. The molecule has 0 N–H and O–H groups in total. The van der Waals surface area contributed by atoms with Gasteiger partial charge in [-0.15, -0.1) is 0 Å². The predicted molar refractivity (Wildman–Crippen MR) is 155 cm³/mol. The van der Waals surface area contributed by atoms with Gasteiger partial charge in [-0.05, 0) is 64.5 Å². The van der Waals surface area contributed by atoms with E-state index in [-0.39, 0.29) is 11.5 Å². The van der Waals surface area contributed by atoms with Crippen molar-refractivity contribution in [1.82, 2.24) is 9.47 Å². The summed E-state index contributed by atoms with van der Waals surface area (Å²) in [7, 11) is 1.60. The van der Waals surface area contributed by atoms with Crippen molar-refractivity contribution < 1.29 is 9.53 Å². The lowest BCUT2D eigenvalue weighted by molar-refractivity contribution is -0.127. The van der Waals surface area contributed by atoms with Gasteiger partial charge < -0.3 is 14.5 Å². The van der Waals surface area contributed by atoms with Crippen LogP contribution in [0.3, 0.4) is 0 Å². The molecule has 0 spiro atoms. The van der Waals surface area contributed by atoms with Crippen molar-refractivity contribution in [3.8, 4) is 5.75 Å². The molecule has 8 heteroatoms. The molecule has 2 aromatic carbocycles. The molecule has 1 amide bonds. The lowest BCUT2D eigenvalue weighted by Crippen LogP contribution is -2.43. The molecular formula is C30H36N4O3S. The number of anilines is 1. The van der Waals surface area contributed by atoms with Crippen LogP contribution < -0.4 is 24.5 Å². The van der Waals surface area contributed by atoms with Crippen molar-refractivity contribution in [2.45, 2.75) is 40.7 Å². The molecule has 0 fully saturated rings. The minimum atomic E-state index is -0.636. The number of thiazole rings is 1. The molecule has 1 aromatic heterocycles. The fourth-order valence-electron chi connectivity index (χ4n) is 4.98. The highest BCUT2D eigenvalue weighted by atomic mass is 32.1. The zero-order chi connectivity index (χ0) is 27.4. The number of nitrogens with zero attached hydrogens (tertiary/aromatic N) is 4. The number of methoxy groups -OCH3 is 1. The van der Waals surface area contributed by atoms with Gasteiger partial charge in [0, 0.05) is 37.4 Å². The first-order valence-corrected chi connectivity index (χ1v) is 14.0. The summed E-state index contributed by atoms with van der Waals surface area (Å²) >= 11 is 1.34. The van der Waals surface area contributed by atoms with Crippen LogP contribution >= 0.6 is 11.3 Å². The monoisotopic (exact) mass is 532 g/mol. The summed E-state index contributed by atoms with van der Waals surface area (Å²) in [5.41, 5.74) is 3.80. The number of carbonyl (C=O) groups excluding carboxylic acids is 1. The minimum absolute atomic E-state index is 0.117. The Morgan fingerprint density at radius 1 is 1.03 bits per heavy atom. The molecule has 2 heterocycles. The highest BCUT2D eigenvalue weighted by Gasteiger charge is 2.35. The van der Waals surface area contributed by atoms with Gasteiger partial charge in [-0.1, -0.05) is 41.7 Å². The van der Waals surface area contributed by atoms with Crippen molar-refractivity contribution in [1.29, 1.82) is 0 Å². The number of carbonyl (C=O) groups is 1. The Labute approximate surface area is 228 Å². The number of likely N-dealkylation sites (N-methyl/N-ethyl adjacent to an activating group) is 1. The number of aromatic nitrogens is 1. The lowest BCUT2D eigenvalue weighted by Gasteiger charge is -2.29. The summed E-state index contributed by atoms with van der Waals surface area (Å²) in [5, 5.41) is 0. The molecule has 1 atom stereocenters. The molecule has 1 aliphatic rings. The maximum absolute atomic E-state index is 13.9. The fourth-order valence-corrected chi connectivity index (χ4v) is 6.03. The zero-order valence-electron chi connectivity index (χ0n) is 23.0. The number of hydrogen-bond acceptors (Lipinski definition) is 6. The third-order valence-electron chi connectivity index (χ3n) is 7.06. The van der Waals surface area contributed by atoms with E-state index in [4.69, 9.17) is 9.73 Å². The van der Waals surface area contributed by atoms with Gasteiger partial charge in [-0.3, -0.25) is 14.2 Å². The van der Waals surface area contributed by atoms with E-state index in [2.05, 4.69) is 30.9 Å². The summed E-state index contributed by atoms with van der Waals surface area (Å²) in [6, 6.07) is 15.2. The van der Waals surface area contributed by atoms with Gasteiger partial charge in [0.2, 0.25) is 0 Å². The fraction of sp³-hybridized carbons (Fsp3) is 0.367. The van der Waals surface area contributed by atoms with Crippen molar-refractivity contribution in [2.75, 3.05) is 38.2 Å². The third kappa shape index (κ3) is 5.05. The number of hydrogen-bond donors (Lipinski definition) is 0. The van der Waals surface area contributed by atoms with E-state index >= 15 is 0 Å². The van der Waals surface area contributed by atoms with Crippen LogP contribution in [0, 0.1) is 0 Å². The maximum Gasteiger partial charge on any atom is 0.271 e. The Balaban J connectivity index is 1.90. The molecule has 0 bridgehead atoms. The molecule has 1 aliphatic heterocycles. The molecule has 200 valence electrons. The highest BCUT2D eigenvalue weighted by molar-refractivity contribution is 7.07. The van der Waals surface area contributed by atoms with E-state index in [0.29, 0.717) is 39.4 Å². The first-order valence-electron chi connectivity index (χ1n) is 13.2. The van der Waals surface area contributed by atoms with E-state index in [0.717, 1.165) is 29.9 Å². The van der Waals surface area contributed by atoms with Gasteiger partial charge in [-0.25, -0.2) is 4.99 Å². The number of rotatable bonds is 9. The van der Waals surface area contributed by atoms with E-state index in [1.54, 1.807) is 16.6 Å². The molecular weight excluding hydrogens is 496 g/mol. The molecule has 0 aliphatic carbocycles. The van der Waals surface area contributed by atoms with Crippen molar-refractivity contribution in [3.05, 3.63) is 90.6 Å². The molecule has 0 radical (unpaired) electrons. The van der Waals surface area contributed by atoms with Gasteiger partial charge in [-0.2, -0.15) is 0 Å². The summed E-state index contributed by atoms with van der Waals surface area (Å²) in [4.78, 5) is 37.1. The first kappa shape index (κ1) is 27.4. The number of allylic oxidation sites excluding steroid dienone is 1. The second-order valence-electron chi connectivity index (χ2n) is 9.07. The first-order chi connectivity index (χ1) is 18.4. The van der Waals surface area contributed by atoms with Gasteiger partial charge in [0.1, 0.15) is 11.8 Å². The zero-order valence-corrected chi connectivity index (χ0v) is 23.8. The summed E-state index contributed by atoms with van der Waals surface area (Å²) in [6.45, 7) is 13.0. The SMILES string of the molecule is CCN(CC)C(=O)C1=C(C)N=c2s/c(=C/c3ccc(N(CC)CC)cc3)c(=O)n2[C@@H]1c1ccccc1OC. The van der Waals surface area contributed by atoms with Crippen LogP contribution in [0.25, 0.3) is 6.08 Å². The van der Waals surface area contributed by atoms with E-state index in [9.17, 15) is 9.59 Å². The van der Waals surface area contributed by atoms with Crippen molar-refractivity contribution >= 4 is 29.0 Å². The quantitative estimate of drug-likeness (QED) is 0.419. The van der Waals surface area contributed by atoms with Gasteiger partial charge in [0.25, 0.3) is 11.5 Å². The van der Waals surface area contributed by atoms with Crippen molar-refractivity contribution in [3.63, 3.8) is 0 Å². The van der Waals surface area contributed by atoms with Crippen LogP contribution in [0.4, 0.5) is 5.69 Å². The van der Waals surface area contributed by atoms with Gasteiger partial charge in [0.05, 0.1) is 22.9 Å². The molecule has 7 nitrogen and oxygen atoms in total. The predicted octanol–water partition coefficient (Wildman–Crippen LogP) is 3.96. The number of para-hydroxylation sites is 1. The summed E-state index contributed by atoms with van der Waals surface area (Å²) < 4.78 is 7.91. The van der Waals surface area contributed by atoms with Gasteiger partial charge >= 0.3 is 0 Å². The van der Waals surface area contributed by atoms with Crippen LogP contribution in [0.1, 0.15) is 51.8 Å². The van der Waals surface area contributed by atoms with Crippen LogP contribution in [0.5, 0.6) is 5.75 Å². The Kier molecular flexibility index (Phi) is 8.52. The molecule has 38 heavy (non-hydrogen) atoms. The van der Waals surface area contributed by atoms with E-state index in [1.807, 2.05) is 63.2 Å². The Bertz CT molecular complexity index is 1510. The summed E-state index contributed by atoms with van der Waals surface area (Å²) in [5.74, 6) is 0.507.